The number of likely N-dealkylation sites (N-methyl/N-ethyl adjacent to an activating group) is 1. The number of aromatic nitrogens is 1. The van der Waals surface area contributed by atoms with Gasteiger partial charge in [-0.05, 0) is 25.2 Å². The van der Waals surface area contributed by atoms with Crippen molar-refractivity contribution in [1.29, 1.82) is 0 Å². The molecule has 0 spiro atoms. The summed E-state index contributed by atoms with van der Waals surface area (Å²) in [5.74, 6) is -0.946. The topological polar surface area (TPSA) is 77.2 Å². The second-order valence-electron chi connectivity index (χ2n) is 3.85. The lowest BCUT2D eigenvalue weighted by atomic mass is 10.3. The van der Waals surface area contributed by atoms with Crippen molar-refractivity contribution in [2.45, 2.75) is 12.4 Å². The molecule has 0 saturated carbocycles. The van der Waals surface area contributed by atoms with Crippen molar-refractivity contribution >= 4 is 27.5 Å². The molecule has 0 aliphatic carbocycles. The highest BCUT2D eigenvalue weighted by molar-refractivity contribution is 7.18. The molecule has 0 bridgehead atoms. The fourth-order valence-electron chi connectivity index (χ4n) is 1.63. The molecule has 5 nitrogen and oxygen atoms in total. The smallest absolute Gasteiger partial charge is 0.406 e. The summed E-state index contributed by atoms with van der Waals surface area (Å²) in [6.45, 7) is 0. The van der Waals surface area contributed by atoms with E-state index in [-0.39, 0.29) is 5.75 Å². The Morgan fingerprint density at radius 3 is 2.75 bits per heavy atom. The molecular weight excluding hydrogens is 295 g/mol. The highest BCUT2D eigenvalue weighted by Crippen LogP contribution is 2.31. The third-order valence-electron chi connectivity index (χ3n) is 2.43. The molecule has 0 radical (unpaired) electrons. The van der Waals surface area contributed by atoms with Crippen LogP contribution >= 0.6 is 11.3 Å². The van der Waals surface area contributed by atoms with Crippen LogP contribution in [-0.2, 0) is 4.79 Å². The zero-order chi connectivity index (χ0) is 14.9. The molecule has 20 heavy (non-hydrogen) atoms. The Morgan fingerprint density at radius 1 is 1.50 bits per heavy atom. The Labute approximate surface area is 115 Å². The third-order valence-corrected chi connectivity index (χ3v) is 3.51. The Kier molecular flexibility index (Phi) is 3.82. The minimum Gasteiger partial charge on any atom is -0.406 e. The quantitative estimate of drug-likeness (QED) is 0.905. The monoisotopic (exact) mass is 305 g/mol. The van der Waals surface area contributed by atoms with E-state index in [1.807, 2.05) is 0 Å². The Balaban J connectivity index is 2.37. The van der Waals surface area contributed by atoms with Crippen molar-refractivity contribution in [3.63, 3.8) is 0 Å². The first-order valence-electron chi connectivity index (χ1n) is 5.43. The first kappa shape index (κ1) is 14.5. The van der Waals surface area contributed by atoms with E-state index in [4.69, 9.17) is 5.73 Å². The van der Waals surface area contributed by atoms with Gasteiger partial charge >= 0.3 is 6.36 Å². The Morgan fingerprint density at radius 2 is 2.20 bits per heavy atom. The van der Waals surface area contributed by atoms with Gasteiger partial charge in [0.05, 0.1) is 10.2 Å². The number of alkyl halides is 3. The molecule has 0 fully saturated rings. The van der Waals surface area contributed by atoms with Crippen LogP contribution in [0.3, 0.4) is 0 Å². The predicted molar refractivity (Wildman–Crippen MR) is 67.3 cm³/mol. The second-order valence-corrected chi connectivity index (χ2v) is 4.92. The number of benzene rings is 1. The molecule has 2 rings (SSSR count). The summed E-state index contributed by atoms with van der Waals surface area (Å²) in [5, 5.41) is 3.08. The highest BCUT2D eigenvalue weighted by atomic mass is 32.1. The van der Waals surface area contributed by atoms with Crippen molar-refractivity contribution in [3.8, 4) is 5.75 Å². The van der Waals surface area contributed by atoms with Gasteiger partial charge in [-0.15, -0.1) is 24.5 Å². The van der Waals surface area contributed by atoms with E-state index >= 15 is 0 Å². The number of hydrogen-bond donors (Lipinski definition) is 2. The van der Waals surface area contributed by atoms with Gasteiger partial charge in [-0.3, -0.25) is 4.79 Å². The van der Waals surface area contributed by atoms with E-state index in [1.54, 1.807) is 7.05 Å². The lowest BCUT2D eigenvalue weighted by molar-refractivity contribution is -0.274. The predicted octanol–water partition coefficient (Wildman–Crippen LogP) is 1.94. The van der Waals surface area contributed by atoms with E-state index < -0.39 is 18.3 Å². The van der Waals surface area contributed by atoms with Crippen LogP contribution < -0.4 is 15.8 Å². The summed E-state index contributed by atoms with van der Waals surface area (Å²) in [6.07, 6.45) is -4.75. The average molecular weight is 305 g/mol. The van der Waals surface area contributed by atoms with E-state index in [9.17, 15) is 18.0 Å². The number of rotatable bonds is 4. The van der Waals surface area contributed by atoms with Crippen molar-refractivity contribution in [3.05, 3.63) is 23.2 Å². The summed E-state index contributed by atoms with van der Waals surface area (Å²) in [5.41, 5.74) is 5.68. The Bertz CT molecular complexity index is 641. The maximum absolute atomic E-state index is 12.1. The van der Waals surface area contributed by atoms with Crippen LogP contribution in [0.25, 0.3) is 10.2 Å². The zero-order valence-electron chi connectivity index (χ0n) is 10.2. The number of nitrogens with one attached hydrogen (secondary N) is 1. The number of thiazole rings is 1. The van der Waals surface area contributed by atoms with E-state index in [2.05, 4.69) is 15.0 Å². The van der Waals surface area contributed by atoms with Gasteiger partial charge < -0.3 is 15.8 Å². The lowest BCUT2D eigenvalue weighted by Gasteiger charge is -2.07. The lowest BCUT2D eigenvalue weighted by Crippen LogP contribution is -2.30. The van der Waals surface area contributed by atoms with Gasteiger partial charge in [0.2, 0.25) is 5.91 Å². The van der Waals surface area contributed by atoms with Gasteiger partial charge in [0, 0.05) is 0 Å². The zero-order valence-corrected chi connectivity index (χ0v) is 11.0. The van der Waals surface area contributed by atoms with Crippen molar-refractivity contribution in [2.75, 3.05) is 7.05 Å². The van der Waals surface area contributed by atoms with Crippen LogP contribution in [0.2, 0.25) is 0 Å². The molecule has 1 aromatic carbocycles. The molecule has 0 saturated heterocycles. The molecule has 0 aliphatic heterocycles. The number of ether oxygens (including phenoxy) is 1. The molecule has 108 valence electrons. The fraction of sp³-hybridized carbons (Fsp3) is 0.273. The summed E-state index contributed by atoms with van der Waals surface area (Å²) < 4.78 is 40.7. The maximum Gasteiger partial charge on any atom is 0.573 e. The van der Waals surface area contributed by atoms with E-state index in [0.29, 0.717) is 15.2 Å². The number of nitrogens with two attached hydrogens (primary N) is 1. The average Bonchev–Trinajstić information content (AvgIpc) is 2.69. The first-order valence-corrected chi connectivity index (χ1v) is 6.24. The fourth-order valence-corrected chi connectivity index (χ4v) is 2.75. The summed E-state index contributed by atoms with van der Waals surface area (Å²) in [7, 11) is 1.54. The molecule has 1 amide bonds. The van der Waals surface area contributed by atoms with Crippen LogP contribution in [0.1, 0.15) is 11.0 Å². The van der Waals surface area contributed by atoms with Gasteiger partial charge in [0.25, 0.3) is 0 Å². The van der Waals surface area contributed by atoms with Crippen LogP contribution in [0, 0.1) is 0 Å². The minimum absolute atomic E-state index is 0.333. The summed E-state index contributed by atoms with van der Waals surface area (Å²) in [6, 6.07) is 3.00. The van der Waals surface area contributed by atoms with Gasteiger partial charge in [0.1, 0.15) is 16.8 Å². The van der Waals surface area contributed by atoms with Crippen LogP contribution in [-0.4, -0.2) is 24.3 Å². The van der Waals surface area contributed by atoms with Gasteiger partial charge in [-0.2, -0.15) is 0 Å². The number of amides is 1. The molecule has 3 N–H and O–H groups in total. The summed E-state index contributed by atoms with van der Waals surface area (Å²) >= 11 is 1.08. The SMILES string of the molecule is CNC(C(N)=O)c1nc2ccc(OC(F)(F)F)cc2s1. The molecule has 0 aliphatic rings. The number of carbonyl (C=O) groups is 1. The number of primary amides is 1. The van der Waals surface area contributed by atoms with Gasteiger partial charge in [-0.1, -0.05) is 0 Å². The number of hydrogen-bond acceptors (Lipinski definition) is 5. The number of fused-ring (bicyclic) bond motifs is 1. The molecule has 1 aromatic heterocycles. The van der Waals surface area contributed by atoms with Crippen LogP contribution in [0.15, 0.2) is 18.2 Å². The number of nitrogens with zero attached hydrogens (tertiary/aromatic N) is 1. The number of carbonyl (C=O) groups excluding carboxylic acids is 1. The normalized spacial score (nSPS) is 13.4. The minimum atomic E-state index is -4.75. The molecule has 9 heteroatoms. The Hall–Kier alpha value is -1.87. The van der Waals surface area contributed by atoms with Crippen molar-refractivity contribution < 1.29 is 22.7 Å². The maximum atomic E-state index is 12.1. The van der Waals surface area contributed by atoms with Crippen molar-refractivity contribution in [2.24, 2.45) is 5.73 Å². The molecule has 2 aromatic rings. The van der Waals surface area contributed by atoms with Crippen molar-refractivity contribution in [1.82, 2.24) is 10.3 Å². The third kappa shape index (κ3) is 3.17. The van der Waals surface area contributed by atoms with Crippen LogP contribution in [0.4, 0.5) is 13.2 Å². The molecule has 1 atom stereocenters. The summed E-state index contributed by atoms with van der Waals surface area (Å²) in [4.78, 5) is 15.4. The second kappa shape index (κ2) is 5.25. The standard InChI is InChI=1S/C11H10F3N3O2S/c1-16-8(9(15)18)10-17-6-3-2-5(4-7(6)20-10)19-11(12,13)14/h2-4,8,16H,1H3,(H2,15,18). The molecule has 1 unspecified atom stereocenters. The van der Waals surface area contributed by atoms with E-state index in [0.717, 1.165) is 17.4 Å². The van der Waals surface area contributed by atoms with Gasteiger partial charge in [-0.25, -0.2) is 4.98 Å². The highest BCUT2D eigenvalue weighted by Gasteiger charge is 2.31. The largest absolute Gasteiger partial charge is 0.573 e. The molecular formula is C11H10F3N3O2S. The number of halogens is 3. The van der Waals surface area contributed by atoms with Gasteiger partial charge in [0.15, 0.2) is 0 Å². The first-order chi connectivity index (χ1) is 9.30. The molecule has 1 heterocycles. The van der Waals surface area contributed by atoms with Crippen LogP contribution in [0.5, 0.6) is 5.75 Å². The van der Waals surface area contributed by atoms with E-state index in [1.165, 1.54) is 12.1 Å².